The molecule has 17 heavy (non-hydrogen) atoms. The fourth-order valence-electron chi connectivity index (χ4n) is 1.45. The average Bonchev–Trinajstić information content (AvgIpc) is 2.27. The lowest BCUT2D eigenvalue weighted by molar-refractivity contribution is 0.473. The Labute approximate surface area is 121 Å². The lowest BCUT2D eigenvalue weighted by Gasteiger charge is -2.17. The van der Waals surface area contributed by atoms with E-state index in [-0.39, 0.29) is 0 Å². The van der Waals surface area contributed by atoms with Crippen LogP contribution in [0.3, 0.4) is 0 Å². The molecule has 0 amide bonds. The lowest BCUT2D eigenvalue weighted by Crippen LogP contribution is -2.38. The molecule has 4 heteroatoms. The van der Waals surface area contributed by atoms with Crippen molar-refractivity contribution in [2.45, 2.75) is 39.4 Å². The number of hydrogen-bond acceptors (Lipinski definition) is 2. The summed E-state index contributed by atoms with van der Waals surface area (Å²) in [4.78, 5) is 0. The van der Waals surface area contributed by atoms with Crippen LogP contribution in [-0.2, 0) is 6.54 Å². The summed E-state index contributed by atoms with van der Waals surface area (Å²) in [6.07, 6.45) is 0. The molecule has 0 radical (unpaired) electrons. The molecule has 2 N–H and O–H groups in total. The van der Waals surface area contributed by atoms with Gasteiger partial charge in [-0.15, -0.1) is 0 Å². The van der Waals surface area contributed by atoms with E-state index in [1.54, 1.807) is 0 Å². The van der Waals surface area contributed by atoms with E-state index in [9.17, 15) is 0 Å². The third-order valence-electron chi connectivity index (χ3n) is 2.48. The Kier molecular flexibility index (Phi) is 6.70. The Morgan fingerprint density at radius 3 is 2.47 bits per heavy atom. The van der Waals surface area contributed by atoms with Gasteiger partial charge in [0.2, 0.25) is 0 Å². The predicted octanol–water partition coefficient (Wildman–Crippen LogP) is 3.69. The lowest BCUT2D eigenvalue weighted by atomic mass is 10.2. The first-order valence-electron chi connectivity index (χ1n) is 5.89. The zero-order valence-electron chi connectivity index (χ0n) is 10.6. The summed E-state index contributed by atoms with van der Waals surface area (Å²) in [5, 5.41) is 6.93. The van der Waals surface area contributed by atoms with Crippen molar-refractivity contribution >= 4 is 31.9 Å². The molecule has 2 nitrogen and oxygen atoms in total. The normalized spacial score (nSPS) is 13.1. The first kappa shape index (κ1) is 15.2. The van der Waals surface area contributed by atoms with Crippen LogP contribution < -0.4 is 10.6 Å². The van der Waals surface area contributed by atoms with E-state index in [1.807, 2.05) is 6.07 Å². The third kappa shape index (κ3) is 6.00. The van der Waals surface area contributed by atoms with Crippen LogP contribution in [0.15, 0.2) is 27.1 Å². The quantitative estimate of drug-likeness (QED) is 0.805. The second-order valence-electron chi connectivity index (χ2n) is 4.58. The van der Waals surface area contributed by atoms with Gasteiger partial charge in [-0.3, -0.25) is 0 Å². The molecule has 0 aliphatic rings. The van der Waals surface area contributed by atoms with Gasteiger partial charge in [0.1, 0.15) is 0 Å². The summed E-state index contributed by atoms with van der Waals surface area (Å²) < 4.78 is 2.27. The molecule has 1 atom stereocenters. The molecule has 0 saturated heterocycles. The Hall–Kier alpha value is 0.1000. The van der Waals surface area contributed by atoms with E-state index < -0.39 is 0 Å². The molecule has 1 rings (SSSR count). The molecule has 1 aromatic rings. The molecule has 0 spiro atoms. The monoisotopic (exact) mass is 362 g/mol. The van der Waals surface area contributed by atoms with Crippen molar-refractivity contribution in [1.82, 2.24) is 10.6 Å². The molecular weight excluding hydrogens is 344 g/mol. The molecule has 0 saturated carbocycles. The predicted molar refractivity (Wildman–Crippen MR) is 81.3 cm³/mol. The van der Waals surface area contributed by atoms with Gasteiger partial charge in [-0.25, -0.2) is 0 Å². The van der Waals surface area contributed by atoms with Gasteiger partial charge in [0.05, 0.1) is 0 Å². The van der Waals surface area contributed by atoms with Crippen LogP contribution >= 0.6 is 31.9 Å². The van der Waals surface area contributed by atoms with Gasteiger partial charge in [0, 0.05) is 34.1 Å². The van der Waals surface area contributed by atoms with Gasteiger partial charge < -0.3 is 10.6 Å². The van der Waals surface area contributed by atoms with Crippen molar-refractivity contribution in [2.75, 3.05) is 6.54 Å². The molecular formula is C13H20Br2N2. The molecule has 0 bridgehead atoms. The molecule has 0 aliphatic carbocycles. The van der Waals surface area contributed by atoms with Crippen LogP contribution in [0.5, 0.6) is 0 Å². The van der Waals surface area contributed by atoms with Gasteiger partial charge in [-0.1, -0.05) is 45.7 Å². The van der Waals surface area contributed by atoms with Crippen LogP contribution in [0.2, 0.25) is 0 Å². The summed E-state index contributed by atoms with van der Waals surface area (Å²) in [5.74, 6) is 0. The average molecular weight is 364 g/mol. The number of nitrogens with one attached hydrogen (secondary N) is 2. The van der Waals surface area contributed by atoms with E-state index in [1.165, 1.54) is 5.56 Å². The van der Waals surface area contributed by atoms with Crippen LogP contribution in [0.25, 0.3) is 0 Å². The maximum Gasteiger partial charge on any atom is 0.0221 e. The fourth-order valence-corrected chi connectivity index (χ4v) is 2.24. The van der Waals surface area contributed by atoms with E-state index >= 15 is 0 Å². The molecule has 0 fully saturated rings. The molecule has 0 heterocycles. The van der Waals surface area contributed by atoms with Gasteiger partial charge in [-0.05, 0) is 30.7 Å². The van der Waals surface area contributed by atoms with E-state index in [0.29, 0.717) is 12.1 Å². The zero-order valence-corrected chi connectivity index (χ0v) is 13.7. The Balaban J connectivity index is 2.41. The highest BCUT2D eigenvalue weighted by Gasteiger charge is 2.05. The van der Waals surface area contributed by atoms with Crippen molar-refractivity contribution in [1.29, 1.82) is 0 Å². The van der Waals surface area contributed by atoms with Crippen molar-refractivity contribution in [3.8, 4) is 0 Å². The Morgan fingerprint density at radius 1 is 1.12 bits per heavy atom. The summed E-state index contributed by atoms with van der Waals surface area (Å²) in [6, 6.07) is 7.25. The second-order valence-corrected chi connectivity index (χ2v) is 6.35. The number of halogens is 2. The maximum absolute atomic E-state index is 3.57. The molecule has 96 valence electrons. The Morgan fingerprint density at radius 2 is 1.82 bits per heavy atom. The summed E-state index contributed by atoms with van der Waals surface area (Å²) in [6.45, 7) is 8.39. The van der Waals surface area contributed by atoms with Crippen molar-refractivity contribution < 1.29 is 0 Å². The largest absolute Gasteiger partial charge is 0.313 e. The maximum atomic E-state index is 3.57. The molecule has 0 aliphatic heterocycles. The molecule has 1 aromatic carbocycles. The smallest absolute Gasteiger partial charge is 0.0221 e. The van der Waals surface area contributed by atoms with Crippen molar-refractivity contribution in [2.24, 2.45) is 0 Å². The minimum absolute atomic E-state index is 0.461. The summed E-state index contributed by atoms with van der Waals surface area (Å²) in [7, 11) is 0. The first-order chi connectivity index (χ1) is 7.99. The standard InChI is InChI=1S/C13H20Br2N2/c1-9(2)16-7-10(3)17-8-11-6-12(14)4-5-13(11)15/h4-6,9-10,16-17H,7-8H2,1-3H3. The van der Waals surface area contributed by atoms with Gasteiger partial charge in [0.25, 0.3) is 0 Å². The summed E-state index contributed by atoms with van der Waals surface area (Å²) >= 11 is 7.06. The van der Waals surface area contributed by atoms with E-state index in [4.69, 9.17) is 0 Å². The topological polar surface area (TPSA) is 24.1 Å². The highest BCUT2D eigenvalue weighted by atomic mass is 79.9. The van der Waals surface area contributed by atoms with Crippen LogP contribution in [0.1, 0.15) is 26.3 Å². The highest BCUT2D eigenvalue weighted by Crippen LogP contribution is 2.21. The van der Waals surface area contributed by atoms with Gasteiger partial charge >= 0.3 is 0 Å². The minimum Gasteiger partial charge on any atom is -0.313 e. The first-order valence-corrected chi connectivity index (χ1v) is 7.48. The number of benzene rings is 1. The Bertz CT molecular complexity index is 353. The van der Waals surface area contributed by atoms with Gasteiger partial charge in [0.15, 0.2) is 0 Å². The molecule has 1 unspecified atom stereocenters. The van der Waals surface area contributed by atoms with Crippen molar-refractivity contribution in [3.63, 3.8) is 0 Å². The SMILES string of the molecule is CC(C)NCC(C)NCc1cc(Br)ccc1Br. The van der Waals surface area contributed by atoms with Crippen LogP contribution in [0, 0.1) is 0 Å². The summed E-state index contributed by atoms with van der Waals surface area (Å²) in [5.41, 5.74) is 1.27. The molecule has 0 aromatic heterocycles. The minimum atomic E-state index is 0.461. The third-order valence-corrected chi connectivity index (χ3v) is 3.75. The highest BCUT2D eigenvalue weighted by molar-refractivity contribution is 9.11. The van der Waals surface area contributed by atoms with Crippen LogP contribution in [-0.4, -0.2) is 18.6 Å². The van der Waals surface area contributed by atoms with Crippen LogP contribution in [0.4, 0.5) is 0 Å². The van der Waals surface area contributed by atoms with Crippen molar-refractivity contribution in [3.05, 3.63) is 32.7 Å². The van der Waals surface area contributed by atoms with Gasteiger partial charge in [-0.2, -0.15) is 0 Å². The second kappa shape index (κ2) is 7.52. The number of hydrogen-bond donors (Lipinski definition) is 2. The fraction of sp³-hybridized carbons (Fsp3) is 0.538. The van der Waals surface area contributed by atoms with E-state index in [2.05, 4.69) is 75.4 Å². The van der Waals surface area contributed by atoms with E-state index in [0.717, 1.165) is 22.0 Å². The zero-order chi connectivity index (χ0) is 12.8. The number of rotatable bonds is 6.